The van der Waals surface area contributed by atoms with Gasteiger partial charge in [0, 0.05) is 15.2 Å². The fourth-order valence-corrected chi connectivity index (χ4v) is 3.66. The molecule has 1 heterocycles. The predicted octanol–water partition coefficient (Wildman–Crippen LogP) is 4.71. The third kappa shape index (κ3) is 5.08. The van der Waals surface area contributed by atoms with Crippen molar-refractivity contribution in [2.75, 3.05) is 5.32 Å². The lowest BCUT2D eigenvalue weighted by Crippen LogP contribution is -2.35. The van der Waals surface area contributed by atoms with Crippen molar-refractivity contribution in [3.05, 3.63) is 120 Å². The van der Waals surface area contributed by atoms with E-state index < -0.39 is 17.1 Å². The van der Waals surface area contributed by atoms with Crippen molar-refractivity contribution in [3.63, 3.8) is 0 Å². The van der Waals surface area contributed by atoms with E-state index in [4.69, 9.17) is 11.6 Å². The van der Waals surface area contributed by atoms with Gasteiger partial charge in [0.15, 0.2) is 0 Å². The van der Waals surface area contributed by atoms with E-state index >= 15 is 0 Å². The van der Waals surface area contributed by atoms with Gasteiger partial charge in [0.1, 0.15) is 11.4 Å². The molecule has 4 rings (SSSR count). The number of nitrogens with one attached hydrogen (secondary N) is 2. The maximum absolute atomic E-state index is 12.8. The number of aromatic nitrogens is 2. The lowest BCUT2D eigenvalue weighted by Gasteiger charge is -2.15. The van der Waals surface area contributed by atoms with Crippen LogP contribution in [-0.4, -0.2) is 20.5 Å². The molecular formula is C24H18BrClN4O3. The average Bonchev–Trinajstić information content (AvgIpc) is 2.80. The zero-order valence-electron chi connectivity index (χ0n) is 17.1. The fraction of sp³-hybridized carbons (Fsp3) is 0.0417. The number of hydrogen-bond donors (Lipinski definition) is 3. The number of hydrogen-bond acceptors (Lipinski definition) is 4. The van der Waals surface area contributed by atoms with Crippen molar-refractivity contribution in [1.82, 2.24) is 9.55 Å². The third-order valence-electron chi connectivity index (χ3n) is 4.81. The van der Waals surface area contributed by atoms with Gasteiger partial charge in [-0.1, -0.05) is 63.9 Å². The fourth-order valence-electron chi connectivity index (χ4n) is 3.20. The first-order chi connectivity index (χ1) is 15.9. The second-order valence-electron chi connectivity index (χ2n) is 7.02. The molecule has 0 radical (unpaired) electrons. The SMILES string of the molecule is O=c1[nH]c(=O)n(-c2ccc(Br)cc2)c(O)c1C(=NCc1ccccc1Cl)Nc1ccccc1. The molecule has 0 saturated carbocycles. The van der Waals surface area contributed by atoms with E-state index in [-0.39, 0.29) is 17.9 Å². The third-order valence-corrected chi connectivity index (χ3v) is 5.71. The van der Waals surface area contributed by atoms with Gasteiger partial charge in [0.05, 0.1) is 12.2 Å². The Morgan fingerprint density at radius 3 is 2.36 bits per heavy atom. The number of nitrogens with zero attached hydrogens (tertiary/aromatic N) is 2. The first-order valence-electron chi connectivity index (χ1n) is 9.88. The Kier molecular flexibility index (Phi) is 6.76. The molecule has 0 aliphatic rings. The lowest BCUT2D eigenvalue weighted by atomic mass is 10.2. The molecule has 33 heavy (non-hydrogen) atoms. The summed E-state index contributed by atoms with van der Waals surface area (Å²) < 4.78 is 1.82. The summed E-state index contributed by atoms with van der Waals surface area (Å²) in [6.07, 6.45) is 0. The Labute approximate surface area is 202 Å². The van der Waals surface area contributed by atoms with Crippen LogP contribution < -0.4 is 16.6 Å². The van der Waals surface area contributed by atoms with Crippen molar-refractivity contribution in [3.8, 4) is 11.6 Å². The van der Waals surface area contributed by atoms with Crippen LogP contribution in [0.15, 0.2) is 97.9 Å². The number of halogens is 2. The molecule has 3 aromatic carbocycles. The van der Waals surface area contributed by atoms with Gasteiger partial charge >= 0.3 is 5.69 Å². The van der Waals surface area contributed by atoms with Crippen LogP contribution in [0.5, 0.6) is 5.88 Å². The topological polar surface area (TPSA) is 99.5 Å². The minimum Gasteiger partial charge on any atom is -0.493 e. The Bertz CT molecular complexity index is 1430. The van der Waals surface area contributed by atoms with Crippen molar-refractivity contribution in [2.24, 2.45) is 4.99 Å². The molecule has 7 nitrogen and oxygen atoms in total. The monoisotopic (exact) mass is 524 g/mol. The zero-order chi connectivity index (χ0) is 23.4. The second-order valence-corrected chi connectivity index (χ2v) is 8.34. The van der Waals surface area contributed by atoms with Gasteiger partial charge in [0.25, 0.3) is 5.56 Å². The molecule has 9 heteroatoms. The molecule has 1 aromatic heterocycles. The molecule has 0 spiro atoms. The highest BCUT2D eigenvalue weighted by atomic mass is 79.9. The molecule has 0 aliphatic carbocycles. The summed E-state index contributed by atoms with van der Waals surface area (Å²) in [4.78, 5) is 32.2. The Morgan fingerprint density at radius 1 is 1.00 bits per heavy atom. The van der Waals surface area contributed by atoms with Crippen LogP contribution >= 0.6 is 27.5 Å². The number of rotatable bonds is 5. The number of amidine groups is 1. The van der Waals surface area contributed by atoms with E-state index in [9.17, 15) is 14.7 Å². The van der Waals surface area contributed by atoms with Crippen molar-refractivity contribution in [1.29, 1.82) is 0 Å². The largest absolute Gasteiger partial charge is 0.493 e. The smallest absolute Gasteiger partial charge is 0.335 e. The van der Waals surface area contributed by atoms with E-state index in [0.29, 0.717) is 16.4 Å². The van der Waals surface area contributed by atoms with Crippen LogP contribution in [0.2, 0.25) is 5.02 Å². The average molecular weight is 526 g/mol. The first-order valence-corrected chi connectivity index (χ1v) is 11.1. The van der Waals surface area contributed by atoms with E-state index in [2.05, 4.69) is 31.2 Å². The molecule has 0 atom stereocenters. The van der Waals surface area contributed by atoms with E-state index in [0.717, 1.165) is 14.6 Å². The first kappa shape index (κ1) is 22.6. The Balaban J connectivity index is 1.87. The summed E-state index contributed by atoms with van der Waals surface area (Å²) in [5.41, 5.74) is 0.0528. The molecule has 0 saturated heterocycles. The number of H-pyrrole nitrogens is 1. The van der Waals surface area contributed by atoms with E-state index in [1.807, 2.05) is 36.4 Å². The van der Waals surface area contributed by atoms with Gasteiger partial charge < -0.3 is 10.4 Å². The van der Waals surface area contributed by atoms with Gasteiger partial charge in [0.2, 0.25) is 5.88 Å². The summed E-state index contributed by atoms with van der Waals surface area (Å²) in [6, 6.07) is 23.0. The van der Waals surface area contributed by atoms with Gasteiger partial charge in [-0.3, -0.25) is 14.8 Å². The van der Waals surface area contributed by atoms with Crippen LogP contribution in [-0.2, 0) is 6.54 Å². The predicted molar refractivity (Wildman–Crippen MR) is 134 cm³/mol. The highest BCUT2D eigenvalue weighted by molar-refractivity contribution is 9.10. The number of benzene rings is 3. The molecule has 0 aliphatic heterocycles. The van der Waals surface area contributed by atoms with Gasteiger partial charge in [-0.25, -0.2) is 9.36 Å². The highest BCUT2D eigenvalue weighted by Gasteiger charge is 2.21. The molecule has 0 fully saturated rings. The van der Waals surface area contributed by atoms with Crippen LogP contribution in [0.1, 0.15) is 11.1 Å². The molecule has 0 bridgehead atoms. The molecule has 3 N–H and O–H groups in total. The van der Waals surface area contributed by atoms with Crippen LogP contribution in [0.4, 0.5) is 5.69 Å². The second kappa shape index (κ2) is 9.89. The maximum atomic E-state index is 12.8. The van der Waals surface area contributed by atoms with Crippen molar-refractivity contribution in [2.45, 2.75) is 6.54 Å². The quantitative estimate of drug-likeness (QED) is 0.260. The summed E-state index contributed by atoms with van der Waals surface area (Å²) in [6.45, 7) is 0.144. The van der Waals surface area contributed by atoms with Crippen LogP contribution in [0, 0.1) is 0 Å². The van der Waals surface area contributed by atoms with Crippen LogP contribution in [0.3, 0.4) is 0 Å². The maximum Gasteiger partial charge on any atom is 0.335 e. The molecule has 4 aromatic rings. The highest BCUT2D eigenvalue weighted by Crippen LogP contribution is 2.21. The number of anilines is 1. The lowest BCUT2D eigenvalue weighted by molar-refractivity contribution is 0.429. The minimum atomic E-state index is -0.771. The summed E-state index contributed by atoms with van der Waals surface area (Å²) in [5, 5.41) is 14.7. The minimum absolute atomic E-state index is 0.0886. The number of aromatic amines is 1. The van der Waals surface area contributed by atoms with Gasteiger partial charge in [-0.15, -0.1) is 0 Å². The molecule has 166 valence electrons. The van der Waals surface area contributed by atoms with Gasteiger partial charge in [-0.05, 0) is 48.0 Å². The molecular weight excluding hydrogens is 508 g/mol. The number of aliphatic imine (C=N–C) groups is 1. The Hall–Kier alpha value is -3.62. The molecule has 0 amide bonds. The summed E-state index contributed by atoms with van der Waals surface area (Å²) in [5.74, 6) is -0.446. The molecule has 0 unspecified atom stereocenters. The zero-order valence-corrected chi connectivity index (χ0v) is 19.5. The standard InChI is InChI=1S/C24H18BrClN4O3/c25-16-10-12-18(13-11-16)30-23(32)20(22(31)29-24(30)33)21(28-17-7-2-1-3-8-17)27-14-15-6-4-5-9-19(15)26/h1-13,32H,14H2,(H,27,28)(H,29,31,33). The van der Waals surface area contributed by atoms with Gasteiger partial charge in [-0.2, -0.15) is 0 Å². The summed E-state index contributed by atoms with van der Waals surface area (Å²) in [7, 11) is 0. The van der Waals surface area contributed by atoms with Crippen molar-refractivity contribution < 1.29 is 5.11 Å². The normalized spacial score (nSPS) is 11.4. The van der Waals surface area contributed by atoms with E-state index in [1.54, 1.807) is 42.5 Å². The van der Waals surface area contributed by atoms with Crippen molar-refractivity contribution >= 4 is 39.1 Å². The number of para-hydroxylation sites is 1. The number of aromatic hydroxyl groups is 1. The van der Waals surface area contributed by atoms with Crippen LogP contribution in [0.25, 0.3) is 5.69 Å². The Morgan fingerprint density at radius 2 is 1.67 bits per heavy atom. The summed E-state index contributed by atoms with van der Waals surface area (Å²) >= 11 is 9.60. The van der Waals surface area contributed by atoms with E-state index in [1.165, 1.54) is 0 Å².